The molecule has 2 aromatic rings. The highest BCUT2D eigenvalue weighted by Crippen LogP contribution is 2.43. The van der Waals surface area contributed by atoms with E-state index < -0.39 is 0 Å². The van der Waals surface area contributed by atoms with Crippen molar-refractivity contribution in [3.05, 3.63) is 23.2 Å². The maximum absolute atomic E-state index is 12.2. The highest BCUT2D eigenvalue weighted by atomic mass is 32.1. The van der Waals surface area contributed by atoms with Crippen molar-refractivity contribution in [3.63, 3.8) is 0 Å². The van der Waals surface area contributed by atoms with Gasteiger partial charge in [0.05, 0.1) is 15.2 Å². The van der Waals surface area contributed by atoms with Crippen molar-refractivity contribution in [1.82, 2.24) is 14.8 Å². The molecule has 2 saturated heterocycles. The Morgan fingerprint density at radius 3 is 2.62 bits per heavy atom. The van der Waals surface area contributed by atoms with Gasteiger partial charge in [-0.25, -0.2) is 9.78 Å². The van der Waals surface area contributed by atoms with Gasteiger partial charge >= 0.3 is 6.03 Å². The molecule has 0 atom stereocenters. The number of likely N-dealkylation sites (tertiary alicyclic amines) is 1. The van der Waals surface area contributed by atoms with Gasteiger partial charge in [0.2, 0.25) is 0 Å². The Bertz CT molecular complexity index is 822. The van der Waals surface area contributed by atoms with E-state index in [9.17, 15) is 4.79 Å². The summed E-state index contributed by atoms with van der Waals surface area (Å²) in [5.74, 6) is 0.627. The average Bonchev–Trinajstić information content (AvgIpc) is 3.18. The smallest absolute Gasteiger partial charge is 0.324 e. The van der Waals surface area contributed by atoms with Crippen LogP contribution in [0.3, 0.4) is 0 Å². The molecule has 0 unspecified atom stereocenters. The molecule has 3 heterocycles. The van der Waals surface area contributed by atoms with Crippen molar-refractivity contribution in [2.75, 3.05) is 38.1 Å². The van der Waals surface area contributed by atoms with Crippen LogP contribution >= 0.6 is 11.3 Å². The molecule has 2 aliphatic heterocycles. The molecule has 26 heavy (non-hydrogen) atoms. The summed E-state index contributed by atoms with van der Waals surface area (Å²) in [4.78, 5) is 23.5. The molecule has 1 aromatic heterocycles. The Morgan fingerprint density at radius 2 is 1.88 bits per heavy atom. The summed E-state index contributed by atoms with van der Waals surface area (Å²) in [6.45, 7) is 4.15. The molecule has 3 aliphatic rings. The SMILES string of the molecule is CN1CCN(c2ccc3nc([C@H]4C[C@H](N5CCCCC5)C4)sc3c2)C1=O. The van der Waals surface area contributed by atoms with Gasteiger partial charge < -0.3 is 9.80 Å². The van der Waals surface area contributed by atoms with Gasteiger partial charge in [0.15, 0.2) is 0 Å². The Hall–Kier alpha value is -1.66. The van der Waals surface area contributed by atoms with Crippen molar-refractivity contribution >= 4 is 33.3 Å². The quantitative estimate of drug-likeness (QED) is 0.823. The zero-order valence-corrected chi connectivity index (χ0v) is 16.2. The van der Waals surface area contributed by atoms with Crippen LogP contribution in [0.2, 0.25) is 0 Å². The zero-order valence-electron chi connectivity index (χ0n) is 15.4. The number of aromatic nitrogens is 1. The van der Waals surface area contributed by atoms with E-state index in [1.54, 1.807) is 4.90 Å². The number of hydrogen-bond donors (Lipinski definition) is 0. The van der Waals surface area contributed by atoms with Crippen LogP contribution in [0.25, 0.3) is 10.2 Å². The normalized spacial score (nSPS) is 27.3. The lowest BCUT2D eigenvalue weighted by atomic mass is 9.79. The van der Waals surface area contributed by atoms with Crippen LogP contribution < -0.4 is 4.90 Å². The summed E-state index contributed by atoms with van der Waals surface area (Å²) < 4.78 is 1.21. The summed E-state index contributed by atoms with van der Waals surface area (Å²) in [5, 5.41) is 1.29. The Kier molecular flexibility index (Phi) is 4.13. The second-order valence-electron chi connectivity index (χ2n) is 7.98. The lowest BCUT2D eigenvalue weighted by molar-refractivity contribution is 0.0888. The first-order valence-corrected chi connectivity index (χ1v) is 10.7. The number of rotatable bonds is 3. The molecule has 1 aliphatic carbocycles. The van der Waals surface area contributed by atoms with Gasteiger partial charge in [0.25, 0.3) is 0 Å². The van der Waals surface area contributed by atoms with Gasteiger partial charge in [-0.1, -0.05) is 6.42 Å². The van der Waals surface area contributed by atoms with Crippen molar-refractivity contribution in [3.8, 4) is 0 Å². The van der Waals surface area contributed by atoms with E-state index >= 15 is 0 Å². The number of fused-ring (bicyclic) bond motifs is 1. The summed E-state index contributed by atoms with van der Waals surface area (Å²) in [5.41, 5.74) is 2.08. The van der Waals surface area contributed by atoms with Gasteiger partial charge in [-0.15, -0.1) is 11.3 Å². The summed E-state index contributed by atoms with van der Waals surface area (Å²) in [7, 11) is 1.86. The molecule has 1 saturated carbocycles. The summed E-state index contributed by atoms with van der Waals surface area (Å²) in [6.07, 6.45) is 6.68. The van der Waals surface area contributed by atoms with Gasteiger partial charge in [-0.3, -0.25) is 4.90 Å². The monoisotopic (exact) mass is 370 g/mol. The molecule has 1 aromatic carbocycles. The molecular formula is C20H26N4OS. The number of anilines is 1. The lowest BCUT2D eigenvalue weighted by Crippen LogP contribution is -2.46. The maximum atomic E-state index is 12.2. The number of nitrogens with zero attached hydrogens (tertiary/aromatic N) is 4. The van der Waals surface area contributed by atoms with Crippen molar-refractivity contribution in [2.45, 2.75) is 44.1 Å². The molecule has 138 valence electrons. The van der Waals surface area contributed by atoms with Gasteiger partial charge in [0, 0.05) is 37.8 Å². The van der Waals surface area contributed by atoms with Gasteiger partial charge in [-0.05, 0) is 57.0 Å². The van der Waals surface area contributed by atoms with E-state index in [4.69, 9.17) is 4.98 Å². The first-order chi connectivity index (χ1) is 12.7. The van der Waals surface area contributed by atoms with Crippen molar-refractivity contribution < 1.29 is 4.79 Å². The van der Waals surface area contributed by atoms with Crippen LogP contribution in [0, 0.1) is 0 Å². The standard InChI is InChI=1S/C20H26N4OS/c1-22-9-10-24(20(22)25)15-5-6-17-18(13-15)26-19(21-17)14-11-16(12-14)23-7-3-2-4-8-23/h5-6,13-14,16H,2-4,7-12H2,1H3/t14-,16-. The first kappa shape index (κ1) is 16.5. The highest BCUT2D eigenvalue weighted by molar-refractivity contribution is 7.18. The van der Waals surface area contributed by atoms with E-state index in [1.165, 1.54) is 54.9 Å². The van der Waals surface area contributed by atoms with E-state index in [1.807, 2.05) is 29.4 Å². The van der Waals surface area contributed by atoms with E-state index in [0.717, 1.165) is 30.3 Å². The summed E-state index contributed by atoms with van der Waals surface area (Å²) >= 11 is 1.82. The molecule has 5 nitrogen and oxygen atoms in total. The molecule has 6 heteroatoms. The molecule has 5 rings (SSSR count). The number of carbonyl (C=O) groups excluding carboxylic acids is 1. The molecule has 0 N–H and O–H groups in total. The molecule has 0 radical (unpaired) electrons. The number of amides is 2. The van der Waals surface area contributed by atoms with Crippen LogP contribution in [0.5, 0.6) is 0 Å². The van der Waals surface area contributed by atoms with Crippen LogP contribution in [-0.4, -0.2) is 60.1 Å². The lowest BCUT2D eigenvalue weighted by Gasteiger charge is -2.43. The Morgan fingerprint density at radius 1 is 1.08 bits per heavy atom. The summed E-state index contributed by atoms with van der Waals surface area (Å²) in [6, 6.07) is 7.14. The van der Waals surface area contributed by atoms with Crippen LogP contribution in [0.15, 0.2) is 18.2 Å². The second-order valence-corrected chi connectivity index (χ2v) is 9.04. The van der Waals surface area contributed by atoms with Gasteiger partial charge in [-0.2, -0.15) is 0 Å². The van der Waals surface area contributed by atoms with E-state index in [0.29, 0.717) is 5.92 Å². The molecule has 2 amide bonds. The van der Waals surface area contributed by atoms with E-state index in [-0.39, 0.29) is 6.03 Å². The minimum Gasteiger partial charge on any atom is -0.326 e. The molecule has 0 spiro atoms. The minimum absolute atomic E-state index is 0.0949. The minimum atomic E-state index is 0.0949. The number of benzene rings is 1. The maximum Gasteiger partial charge on any atom is 0.324 e. The third-order valence-electron chi connectivity index (χ3n) is 6.29. The number of likely N-dealkylation sites (N-methyl/N-ethyl adjacent to an activating group) is 1. The number of thiazole rings is 1. The first-order valence-electron chi connectivity index (χ1n) is 9.86. The number of piperidine rings is 1. The fourth-order valence-corrected chi connectivity index (χ4v) is 5.66. The highest BCUT2D eigenvalue weighted by Gasteiger charge is 2.36. The third kappa shape index (κ3) is 2.79. The van der Waals surface area contributed by atoms with Crippen LogP contribution in [0.1, 0.15) is 43.0 Å². The molecular weight excluding hydrogens is 344 g/mol. The molecule has 0 bridgehead atoms. The number of hydrogen-bond acceptors (Lipinski definition) is 4. The van der Waals surface area contributed by atoms with Crippen LogP contribution in [0.4, 0.5) is 10.5 Å². The predicted molar refractivity (Wildman–Crippen MR) is 106 cm³/mol. The fourth-order valence-electron chi connectivity index (χ4n) is 4.53. The van der Waals surface area contributed by atoms with E-state index in [2.05, 4.69) is 17.0 Å². The van der Waals surface area contributed by atoms with Crippen molar-refractivity contribution in [1.29, 1.82) is 0 Å². The average molecular weight is 371 g/mol. The zero-order chi connectivity index (χ0) is 17.7. The molecule has 3 fully saturated rings. The fraction of sp³-hybridized carbons (Fsp3) is 0.600. The Balaban J connectivity index is 1.31. The number of carbonyl (C=O) groups is 1. The number of urea groups is 1. The topological polar surface area (TPSA) is 39.7 Å². The Labute approximate surface area is 158 Å². The van der Waals surface area contributed by atoms with Gasteiger partial charge in [0.1, 0.15) is 0 Å². The second kappa shape index (κ2) is 6.50. The van der Waals surface area contributed by atoms with Crippen molar-refractivity contribution in [2.24, 2.45) is 0 Å². The van der Waals surface area contributed by atoms with Crippen LogP contribution in [-0.2, 0) is 0 Å². The largest absolute Gasteiger partial charge is 0.326 e. The third-order valence-corrected chi connectivity index (χ3v) is 7.47. The predicted octanol–water partition coefficient (Wildman–Crippen LogP) is 3.90.